The molecular formula is C10H18O6S. The van der Waals surface area contributed by atoms with Gasteiger partial charge >= 0.3 is 11.9 Å². The van der Waals surface area contributed by atoms with Gasteiger partial charge in [-0.25, -0.2) is 0 Å². The molecule has 0 saturated carbocycles. The number of carbonyl (C=O) groups is 2. The minimum Gasteiger partial charge on any atom is -0.481 e. The Morgan fingerprint density at radius 1 is 1.35 bits per heavy atom. The fraction of sp³-hybridized carbons (Fsp3) is 0.800. The van der Waals surface area contributed by atoms with E-state index in [1.165, 1.54) is 14.0 Å². The van der Waals surface area contributed by atoms with E-state index in [-0.39, 0.29) is 25.2 Å². The van der Waals surface area contributed by atoms with Crippen LogP contribution in [-0.2, 0) is 29.9 Å². The summed E-state index contributed by atoms with van der Waals surface area (Å²) in [5, 5.41) is 7.68. The predicted octanol–water partition coefficient (Wildman–Crippen LogP) is 0.178. The molecule has 0 aromatic carbocycles. The number of carboxylic acids is 1. The molecule has 0 amide bonds. The molecule has 0 radical (unpaired) electrons. The molecule has 0 spiro atoms. The van der Waals surface area contributed by atoms with Gasteiger partial charge in [-0.3, -0.25) is 13.8 Å². The van der Waals surface area contributed by atoms with E-state index in [1.807, 2.05) is 0 Å². The second-order valence-electron chi connectivity index (χ2n) is 3.38. The molecule has 7 heteroatoms. The number of methoxy groups -OCH3 is 1. The van der Waals surface area contributed by atoms with Crippen LogP contribution in [0.2, 0.25) is 0 Å². The van der Waals surface area contributed by atoms with Crippen molar-refractivity contribution in [1.29, 1.82) is 0 Å². The van der Waals surface area contributed by atoms with Crippen LogP contribution < -0.4 is 0 Å². The Kier molecular flexibility index (Phi) is 8.61. The van der Waals surface area contributed by atoms with Crippen LogP contribution in [0.15, 0.2) is 0 Å². The first-order valence-corrected chi connectivity index (χ1v) is 6.61. The fourth-order valence-electron chi connectivity index (χ4n) is 0.993. The molecule has 0 fully saturated rings. The van der Waals surface area contributed by atoms with E-state index >= 15 is 0 Å². The maximum atomic E-state index is 11.6. The molecule has 0 rings (SSSR count). The van der Waals surface area contributed by atoms with E-state index in [4.69, 9.17) is 14.6 Å². The van der Waals surface area contributed by atoms with Gasteiger partial charge in [-0.05, 0) is 13.3 Å². The van der Waals surface area contributed by atoms with Crippen LogP contribution in [0.4, 0.5) is 0 Å². The quantitative estimate of drug-likeness (QED) is 0.473. The number of esters is 1. The maximum absolute atomic E-state index is 11.6. The maximum Gasteiger partial charge on any atom is 0.321 e. The lowest BCUT2D eigenvalue weighted by Crippen LogP contribution is -2.27. The lowest BCUT2D eigenvalue weighted by Gasteiger charge is -2.10. The van der Waals surface area contributed by atoms with Crippen LogP contribution in [0, 0.1) is 0 Å². The standard InChI is InChI=1S/C10H18O6S/c1-8(10(13)16-6-5-15-2)17(14)7-3-4-9(11)12/h8H,3-7H2,1-2H3,(H,11,12). The van der Waals surface area contributed by atoms with Crippen LogP contribution in [0.1, 0.15) is 19.8 Å². The van der Waals surface area contributed by atoms with Crippen molar-refractivity contribution in [3.63, 3.8) is 0 Å². The summed E-state index contributed by atoms with van der Waals surface area (Å²) in [7, 11) is 0.0920. The zero-order chi connectivity index (χ0) is 13.3. The first-order chi connectivity index (χ1) is 7.99. The van der Waals surface area contributed by atoms with Crippen molar-refractivity contribution in [1.82, 2.24) is 0 Å². The molecule has 0 aromatic rings. The highest BCUT2D eigenvalue weighted by Crippen LogP contribution is 2.03. The van der Waals surface area contributed by atoms with Crippen molar-refractivity contribution in [2.75, 3.05) is 26.1 Å². The van der Waals surface area contributed by atoms with Gasteiger partial charge in [0.05, 0.1) is 6.61 Å². The summed E-state index contributed by atoms with van der Waals surface area (Å²) in [6, 6.07) is 0. The molecule has 0 aromatic heterocycles. The number of ether oxygens (including phenoxy) is 2. The predicted molar refractivity (Wildman–Crippen MR) is 62.2 cm³/mol. The molecular weight excluding hydrogens is 248 g/mol. The minimum absolute atomic E-state index is 0.0445. The topological polar surface area (TPSA) is 89.9 Å². The van der Waals surface area contributed by atoms with Crippen molar-refractivity contribution in [3.05, 3.63) is 0 Å². The molecule has 100 valence electrons. The largest absolute Gasteiger partial charge is 0.481 e. The second-order valence-corrected chi connectivity index (χ2v) is 5.26. The summed E-state index contributed by atoms with van der Waals surface area (Å²) in [6.45, 7) is 1.93. The first-order valence-electron chi connectivity index (χ1n) is 5.23. The van der Waals surface area contributed by atoms with Gasteiger partial charge < -0.3 is 14.6 Å². The van der Waals surface area contributed by atoms with E-state index in [0.717, 1.165) is 0 Å². The zero-order valence-electron chi connectivity index (χ0n) is 10.0. The molecule has 17 heavy (non-hydrogen) atoms. The Morgan fingerprint density at radius 3 is 2.53 bits per heavy atom. The Morgan fingerprint density at radius 2 is 2.00 bits per heavy atom. The summed E-state index contributed by atoms with van der Waals surface area (Å²) in [5.41, 5.74) is 0. The van der Waals surface area contributed by atoms with Gasteiger partial charge in [-0.2, -0.15) is 0 Å². The Balaban J connectivity index is 3.86. The Bertz CT molecular complexity index is 278. The molecule has 6 nitrogen and oxygen atoms in total. The zero-order valence-corrected chi connectivity index (χ0v) is 10.8. The van der Waals surface area contributed by atoms with Crippen molar-refractivity contribution >= 4 is 22.7 Å². The number of carboxylic acid groups (broad SMARTS) is 1. The van der Waals surface area contributed by atoms with Crippen molar-refractivity contribution < 1.29 is 28.4 Å². The molecule has 0 aliphatic rings. The van der Waals surface area contributed by atoms with Gasteiger partial charge in [0.2, 0.25) is 0 Å². The third kappa shape index (κ3) is 7.87. The minimum atomic E-state index is -1.40. The Hall–Kier alpha value is -0.950. The van der Waals surface area contributed by atoms with E-state index < -0.39 is 28.0 Å². The summed E-state index contributed by atoms with van der Waals surface area (Å²) >= 11 is 0. The van der Waals surface area contributed by atoms with Crippen LogP contribution >= 0.6 is 0 Å². The van der Waals surface area contributed by atoms with E-state index in [2.05, 4.69) is 0 Å². The highest BCUT2D eigenvalue weighted by atomic mass is 32.2. The van der Waals surface area contributed by atoms with E-state index in [9.17, 15) is 13.8 Å². The van der Waals surface area contributed by atoms with Gasteiger partial charge in [-0.15, -0.1) is 0 Å². The SMILES string of the molecule is COCCOC(=O)C(C)S(=O)CCCC(=O)O. The molecule has 0 aliphatic carbocycles. The number of hydrogen-bond acceptors (Lipinski definition) is 5. The lowest BCUT2D eigenvalue weighted by molar-refractivity contribution is -0.144. The first kappa shape index (κ1) is 16.1. The van der Waals surface area contributed by atoms with Crippen molar-refractivity contribution in [2.24, 2.45) is 0 Å². The van der Waals surface area contributed by atoms with Gasteiger partial charge in [0, 0.05) is 30.1 Å². The van der Waals surface area contributed by atoms with Crippen LogP contribution in [0.5, 0.6) is 0 Å². The highest BCUT2D eigenvalue weighted by Gasteiger charge is 2.21. The van der Waals surface area contributed by atoms with Crippen LogP contribution in [0.3, 0.4) is 0 Å². The average molecular weight is 266 g/mol. The van der Waals surface area contributed by atoms with E-state index in [1.54, 1.807) is 0 Å². The number of carbonyl (C=O) groups excluding carboxylic acids is 1. The number of rotatable bonds is 9. The third-order valence-electron chi connectivity index (χ3n) is 1.99. The summed E-state index contributed by atoms with van der Waals surface area (Å²) in [5.74, 6) is -1.29. The monoisotopic (exact) mass is 266 g/mol. The molecule has 1 N–H and O–H groups in total. The number of hydrogen-bond donors (Lipinski definition) is 1. The van der Waals surface area contributed by atoms with Crippen LogP contribution in [-0.4, -0.2) is 52.6 Å². The second kappa shape index (κ2) is 9.12. The van der Waals surface area contributed by atoms with Crippen LogP contribution in [0.25, 0.3) is 0 Å². The number of aliphatic carboxylic acids is 1. The third-order valence-corrected chi connectivity index (χ3v) is 3.67. The van der Waals surface area contributed by atoms with Gasteiger partial charge in [-0.1, -0.05) is 0 Å². The smallest absolute Gasteiger partial charge is 0.321 e. The van der Waals surface area contributed by atoms with E-state index in [0.29, 0.717) is 6.61 Å². The molecule has 0 saturated heterocycles. The summed E-state index contributed by atoms with van der Waals surface area (Å²) in [4.78, 5) is 21.6. The lowest BCUT2D eigenvalue weighted by atomic mass is 10.3. The van der Waals surface area contributed by atoms with Gasteiger partial charge in [0.25, 0.3) is 0 Å². The average Bonchev–Trinajstić information content (AvgIpc) is 2.27. The van der Waals surface area contributed by atoms with Crippen molar-refractivity contribution in [3.8, 4) is 0 Å². The molecule has 2 atom stereocenters. The molecule has 2 unspecified atom stereocenters. The molecule has 0 aliphatic heterocycles. The fourth-order valence-corrected chi connectivity index (χ4v) is 2.06. The molecule has 0 bridgehead atoms. The summed E-state index contributed by atoms with van der Waals surface area (Å²) in [6.07, 6.45) is 0.245. The summed E-state index contributed by atoms with van der Waals surface area (Å²) < 4.78 is 21.1. The Labute approximate surface area is 103 Å². The van der Waals surface area contributed by atoms with Gasteiger partial charge in [0.15, 0.2) is 0 Å². The molecule has 0 heterocycles. The highest BCUT2D eigenvalue weighted by molar-refractivity contribution is 7.86. The van der Waals surface area contributed by atoms with Gasteiger partial charge in [0.1, 0.15) is 11.9 Å². The normalized spacial score (nSPS) is 14.0. The van der Waals surface area contributed by atoms with Crippen molar-refractivity contribution in [2.45, 2.75) is 25.0 Å².